The molecule has 1 rings (SSSR count). The number of hydrogen-bond donors (Lipinski definition) is 1. The van der Waals surface area contributed by atoms with E-state index >= 15 is 0 Å². The van der Waals surface area contributed by atoms with Gasteiger partial charge in [-0.2, -0.15) is 0 Å². The molecule has 1 aromatic carbocycles. The summed E-state index contributed by atoms with van der Waals surface area (Å²) in [5.74, 6) is -0.0680. The third kappa shape index (κ3) is 4.21. The van der Waals surface area contributed by atoms with Crippen LogP contribution < -0.4 is 5.32 Å². The molecule has 18 heavy (non-hydrogen) atoms. The van der Waals surface area contributed by atoms with Crippen molar-refractivity contribution in [3.63, 3.8) is 0 Å². The summed E-state index contributed by atoms with van der Waals surface area (Å²) in [6.07, 6.45) is 7.01. The van der Waals surface area contributed by atoms with Gasteiger partial charge in [0.2, 0.25) is 5.91 Å². The van der Waals surface area contributed by atoms with Gasteiger partial charge in [-0.3, -0.25) is 4.79 Å². The highest BCUT2D eigenvalue weighted by Crippen LogP contribution is 2.18. The molecule has 2 nitrogen and oxygen atoms in total. The molecule has 0 aliphatic carbocycles. The molecule has 0 fully saturated rings. The van der Waals surface area contributed by atoms with Gasteiger partial charge in [0.15, 0.2) is 0 Å². The summed E-state index contributed by atoms with van der Waals surface area (Å²) in [7, 11) is 0. The van der Waals surface area contributed by atoms with Crippen LogP contribution in [0.25, 0.3) is 0 Å². The summed E-state index contributed by atoms with van der Waals surface area (Å²) >= 11 is 0. The molecule has 0 aliphatic heterocycles. The fraction of sp³-hybridized carbons (Fsp3) is 0.312. The van der Waals surface area contributed by atoms with Crippen molar-refractivity contribution < 1.29 is 4.79 Å². The predicted octanol–water partition coefficient (Wildman–Crippen LogP) is 3.61. The van der Waals surface area contributed by atoms with E-state index in [1.807, 2.05) is 26.0 Å². The Balaban J connectivity index is 2.73. The zero-order chi connectivity index (χ0) is 13.5. The second-order valence-corrected chi connectivity index (χ2v) is 4.48. The van der Waals surface area contributed by atoms with E-state index in [-0.39, 0.29) is 11.9 Å². The van der Waals surface area contributed by atoms with Crippen LogP contribution >= 0.6 is 0 Å². The van der Waals surface area contributed by atoms with Crippen LogP contribution in [0.3, 0.4) is 0 Å². The SMILES string of the molecule is C/C=C/C=C\C(=O)N[C@@H](C)c1cc(C)ccc1C. The smallest absolute Gasteiger partial charge is 0.244 e. The van der Waals surface area contributed by atoms with Crippen LogP contribution in [-0.2, 0) is 4.79 Å². The van der Waals surface area contributed by atoms with Gasteiger partial charge in [0.05, 0.1) is 6.04 Å². The second kappa shape index (κ2) is 6.80. The van der Waals surface area contributed by atoms with Gasteiger partial charge in [-0.15, -0.1) is 0 Å². The standard InChI is InChI=1S/C16H21NO/c1-5-6-7-8-16(18)17-14(4)15-11-12(2)9-10-13(15)3/h5-11,14H,1-4H3,(H,17,18)/b6-5+,8-7-/t14-/m0/s1. The number of aryl methyl sites for hydroxylation is 2. The minimum Gasteiger partial charge on any atom is -0.346 e. The molecule has 0 heterocycles. The van der Waals surface area contributed by atoms with Crippen LogP contribution in [0.15, 0.2) is 42.5 Å². The summed E-state index contributed by atoms with van der Waals surface area (Å²) < 4.78 is 0. The summed E-state index contributed by atoms with van der Waals surface area (Å²) in [6.45, 7) is 8.04. The van der Waals surface area contributed by atoms with Crippen molar-refractivity contribution in [1.82, 2.24) is 5.32 Å². The molecule has 1 N–H and O–H groups in total. The van der Waals surface area contributed by atoms with Crippen molar-refractivity contribution >= 4 is 5.91 Å². The number of carbonyl (C=O) groups excluding carboxylic acids is 1. The quantitative estimate of drug-likeness (QED) is 0.635. The monoisotopic (exact) mass is 243 g/mol. The van der Waals surface area contributed by atoms with E-state index in [9.17, 15) is 4.79 Å². The van der Waals surface area contributed by atoms with Crippen LogP contribution in [-0.4, -0.2) is 5.91 Å². The highest BCUT2D eigenvalue weighted by molar-refractivity contribution is 5.88. The van der Waals surface area contributed by atoms with Crippen LogP contribution in [0.5, 0.6) is 0 Å². The Morgan fingerprint density at radius 2 is 2.00 bits per heavy atom. The number of carbonyl (C=O) groups is 1. The van der Waals surface area contributed by atoms with Crippen molar-refractivity contribution in [3.05, 3.63) is 59.2 Å². The maximum Gasteiger partial charge on any atom is 0.244 e. The Morgan fingerprint density at radius 3 is 2.67 bits per heavy atom. The molecule has 0 aromatic heterocycles. The van der Waals surface area contributed by atoms with Gasteiger partial charge >= 0.3 is 0 Å². The van der Waals surface area contributed by atoms with E-state index in [0.717, 1.165) is 0 Å². The van der Waals surface area contributed by atoms with Gasteiger partial charge in [-0.05, 0) is 38.8 Å². The minimum atomic E-state index is -0.0680. The Labute approximate surface area is 109 Å². The van der Waals surface area contributed by atoms with Gasteiger partial charge in [0, 0.05) is 6.08 Å². The second-order valence-electron chi connectivity index (χ2n) is 4.48. The Kier molecular flexibility index (Phi) is 5.37. The molecule has 0 saturated carbocycles. The first-order valence-corrected chi connectivity index (χ1v) is 6.21. The summed E-state index contributed by atoms with van der Waals surface area (Å²) in [5, 5.41) is 2.96. The molecule has 96 valence electrons. The maximum absolute atomic E-state index is 11.7. The van der Waals surface area contributed by atoms with Crippen LogP contribution in [0, 0.1) is 13.8 Å². The third-order valence-corrected chi connectivity index (χ3v) is 2.81. The lowest BCUT2D eigenvalue weighted by Crippen LogP contribution is -2.25. The first-order valence-electron chi connectivity index (χ1n) is 6.21. The lowest BCUT2D eigenvalue weighted by atomic mass is 10.00. The molecule has 0 spiro atoms. The van der Waals surface area contributed by atoms with Crippen molar-refractivity contribution in [2.24, 2.45) is 0 Å². The maximum atomic E-state index is 11.7. The predicted molar refractivity (Wildman–Crippen MR) is 76.4 cm³/mol. The Bertz CT molecular complexity index is 472. The minimum absolute atomic E-state index is 0.0210. The number of allylic oxidation sites excluding steroid dienone is 3. The van der Waals surface area contributed by atoms with Crippen LogP contribution in [0.4, 0.5) is 0 Å². The topological polar surface area (TPSA) is 29.1 Å². The fourth-order valence-corrected chi connectivity index (χ4v) is 1.82. The molecule has 2 heteroatoms. The summed E-state index contributed by atoms with van der Waals surface area (Å²) in [4.78, 5) is 11.7. The average Bonchev–Trinajstić information content (AvgIpc) is 2.32. The molecule has 0 unspecified atom stereocenters. The van der Waals surface area contributed by atoms with E-state index in [1.165, 1.54) is 16.7 Å². The van der Waals surface area contributed by atoms with Crippen molar-refractivity contribution in [3.8, 4) is 0 Å². The number of rotatable bonds is 4. The normalized spacial score (nSPS) is 13.1. The van der Waals surface area contributed by atoms with Gasteiger partial charge in [0.25, 0.3) is 0 Å². The molecule has 1 aromatic rings. The zero-order valence-electron chi connectivity index (χ0n) is 11.5. The largest absolute Gasteiger partial charge is 0.346 e. The number of hydrogen-bond acceptors (Lipinski definition) is 1. The number of amides is 1. The summed E-state index contributed by atoms with van der Waals surface area (Å²) in [5.41, 5.74) is 3.58. The molecule has 0 aliphatic rings. The van der Waals surface area contributed by atoms with Crippen LogP contribution in [0.2, 0.25) is 0 Å². The highest BCUT2D eigenvalue weighted by atomic mass is 16.1. The number of benzene rings is 1. The van der Waals surface area contributed by atoms with Crippen molar-refractivity contribution in [2.75, 3.05) is 0 Å². The van der Waals surface area contributed by atoms with Gasteiger partial charge in [-0.25, -0.2) is 0 Å². The zero-order valence-corrected chi connectivity index (χ0v) is 11.5. The van der Waals surface area contributed by atoms with E-state index in [2.05, 4.69) is 37.4 Å². The van der Waals surface area contributed by atoms with E-state index in [4.69, 9.17) is 0 Å². The molecule has 1 atom stereocenters. The molecule has 0 radical (unpaired) electrons. The highest BCUT2D eigenvalue weighted by Gasteiger charge is 2.09. The summed E-state index contributed by atoms with van der Waals surface area (Å²) in [6, 6.07) is 6.31. The molecule has 1 amide bonds. The van der Waals surface area contributed by atoms with Gasteiger partial charge in [-0.1, -0.05) is 42.0 Å². The van der Waals surface area contributed by atoms with Gasteiger partial charge in [0.1, 0.15) is 0 Å². The molecular formula is C16H21NO. The first kappa shape index (κ1) is 14.2. The lowest BCUT2D eigenvalue weighted by molar-refractivity contribution is -0.117. The lowest BCUT2D eigenvalue weighted by Gasteiger charge is -2.16. The first-order chi connectivity index (χ1) is 8.54. The fourth-order valence-electron chi connectivity index (χ4n) is 1.82. The van der Waals surface area contributed by atoms with E-state index in [1.54, 1.807) is 12.2 Å². The van der Waals surface area contributed by atoms with E-state index in [0.29, 0.717) is 0 Å². The van der Waals surface area contributed by atoms with E-state index < -0.39 is 0 Å². The van der Waals surface area contributed by atoms with Gasteiger partial charge < -0.3 is 5.32 Å². The molecule has 0 bridgehead atoms. The Morgan fingerprint density at radius 1 is 1.28 bits per heavy atom. The third-order valence-electron chi connectivity index (χ3n) is 2.81. The molecule has 0 saturated heterocycles. The number of nitrogens with one attached hydrogen (secondary N) is 1. The molecular weight excluding hydrogens is 222 g/mol. The van der Waals surface area contributed by atoms with Crippen molar-refractivity contribution in [1.29, 1.82) is 0 Å². The Hall–Kier alpha value is -1.83. The van der Waals surface area contributed by atoms with Crippen molar-refractivity contribution in [2.45, 2.75) is 33.7 Å². The average molecular weight is 243 g/mol. The van der Waals surface area contributed by atoms with Crippen LogP contribution in [0.1, 0.15) is 36.6 Å².